The number of nitrogens with zero attached hydrogens (tertiary/aromatic N) is 1. The van der Waals surface area contributed by atoms with Crippen molar-refractivity contribution in [1.82, 2.24) is 5.16 Å². The Morgan fingerprint density at radius 3 is 2.72 bits per heavy atom. The first-order valence-electron chi connectivity index (χ1n) is 5.06. The van der Waals surface area contributed by atoms with Gasteiger partial charge in [-0.25, -0.2) is 4.79 Å². The van der Waals surface area contributed by atoms with Crippen LogP contribution in [0.2, 0.25) is 0 Å². The summed E-state index contributed by atoms with van der Waals surface area (Å²) in [6.45, 7) is 2.27. The Morgan fingerprint density at radius 1 is 1.56 bits per heavy atom. The molecular formula is C10H13N3O5. The summed E-state index contributed by atoms with van der Waals surface area (Å²) >= 11 is 0. The second-order valence-corrected chi connectivity index (χ2v) is 3.57. The molecule has 8 nitrogen and oxygen atoms in total. The molecule has 0 radical (unpaired) electrons. The maximum Gasteiger partial charge on any atom is 0.331 e. The largest absolute Gasteiger partial charge is 0.454 e. The van der Waals surface area contributed by atoms with E-state index in [-0.39, 0.29) is 5.82 Å². The van der Waals surface area contributed by atoms with Gasteiger partial charge in [0, 0.05) is 6.07 Å². The lowest BCUT2D eigenvalue weighted by molar-refractivity contribution is -0.150. The number of carbonyl (C=O) groups is 3. The average Bonchev–Trinajstić information content (AvgIpc) is 2.70. The van der Waals surface area contributed by atoms with Gasteiger partial charge in [-0.1, -0.05) is 5.16 Å². The third-order valence-electron chi connectivity index (χ3n) is 1.93. The Bertz CT molecular complexity index is 468. The molecule has 1 amide bonds. The number of rotatable bonds is 5. The predicted octanol–water partition coefficient (Wildman–Crippen LogP) is -0.619. The van der Waals surface area contributed by atoms with E-state index in [1.165, 1.54) is 6.07 Å². The molecule has 1 rings (SSSR count). The van der Waals surface area contributed by atoms with Crippen LogP contribution in [-0.4, -0.2) is 35.5 Å². The molecule has 1 aromatic heterocycles. The molecule has 0 saturated heterocycles. The minimum atomic E-state index is -1.37. The van der Waals surface area contributed by atoms with Gasteiger partial charge < -0.3 is 20.3 Å². The van der Waals surface area contributed by atoms with Crippen LogP contribution in [0.4, 0.5) is 5.82 Å². The zero-order valence-electron chi connectivity index (χ0n) is 9.93. The van der Waals surface area contributed by atoms with Gasteiger partial charge in [0.25, 0.3) is 5.91 Å². The molecule has 0 aliphatic heterocycles. The van der Waals surface area contributed by atoms with Crippen molar-refractivity contribution in [2.24, 2.45) is 5.73 Å². The summed E-state index contributed by atoms with van der Waals surface area (Å²) < 4.78 is 9.27. The van der Waals surface area contributed by atoms with Gasteiger partial charge in [-0.2, -0.15) is 0 Å². The van der Waals surface area contributed by atoms with Crippen LogP contribution in [0.3, 0.4) is 0 Å². The van der Waals surface area contributed by atoms with Crippen molar-refractivity contribution in [2.45, 2.75) is 19.9 Å². The Balaban J connectivity index is 2.38. The van der Waals surface area contributed by atoms with Gasteiger partial charge >= 0.3 is 5.97 Å². The minimum Gasteiger partial charge on any atom is -0.454 e. The minimum absolute atomic E-state index is 0.212. The lowest BCUT2D eigenvalue weighted by Crippen LogP contribution is -2.39. The lowest BCUT2D eigenvalue weighted by Gasteiger charge is -2.07. The molecule has 0 spiro atoms. The first kappa shape index (κ1) is 13.8. The SMILES string of the molecule is CC(=O)C(N)C(=O)OCC(=O)Nc1cc(C)on1. The van der Waals surface area contributed by atoms with Crippen LogP contribution in [0.25, 0.3) is 0 Å². The Kier molecular flexibility index (Phi) is 4.55. The average molecular weight is 255 g/mol. The number of hydrogen-bond acceptors (Lipinski definition) is 7. The van der Waals surface area contributed by atoms with Crippen LogP contribution >= 0.6 is 0 Å². The smallest absolute Gasteiger partial charge is 0.331 e. The highest BCUT2D eigenvalue weighted by Gasteiger charge is 2.20. The molecular weight excluding hydrogens is 242 g/mol. The first-order valence-corrected chi connectivity index (χ1v) is 5.06. The fourth-order valence-corrected chi connectivity index (χ4v) is 0.997. The molecule has 1 unspecified atom stereocenters. The van der Waals surface area contributed by atoms with Crippen molar-refractivity contribution in [3.05, 3.63) is 11.8 Å². The van der Waals surface area contributed by atoms with E-state index in [0.717, 1.165) is 6.92 Å². The molecule has 18 heavy (non-hydrogen) atoms. The summed E-state index contributed by atoms with van der Waals surface area (Å²) in [7, 11) is 0. The zero-order valence-corrected chi connectivity index (χ0v) is 9.93. The number of anilines is 1. The zero-order chi connectivity index (χ0) is 13.7. The van der Waals surface area contributed by atoms with Gasteiger partial charge in [0.1, 0.15) is 5.76 Å². The molecule has 0 bridgehead atoms. The summed E-state index contributed by atoms with van der Waals surface area (Å²) in [6, 6.07) is 0.133. The van der Waals surface area contributed by atoms with Crippen molar-refractivity contribution < 1.29 is 23.6 Å². The van der Waals surface area contributed by atoms with E-state index in [9.17, 15) is 14.4 Å². The van der Waals surface area contributed by atoms with Crippen molar-refractivity contribution in [3.8, 4) is 0 Å². The van der Waals surface area contributed by atoms with Crippen molar-refractivity contribution in [1.29, 1.82) is 0 Å². The Hall–Kier alpha value is -2.22. The van der Waals surface area contributed by atoms with E-state index >= 15 is 0 Å². The van der Waals surface area contributed by atoms with Gasteiger partial charge in [0.15, 0.2) is 24.2 Å². The number of aryl methyl sites for hydroxylation is 1. The molecule has 1 heterocycles. The number of nitrogens with one attached hydrogen (secondary N) is 1. The Labute approximate surface area is 102 Å². The van der Waals surface area contributed by atoms with Gasteiger partial charge in [0.05, 0.1) is 0 Å². The maximum absolute atomic E-state index is 11.3. The number of hydrogen-bond donors (Lipinski definition) is 2. The number of esters is 1. The summed E-state index contributed by atoms with van der Waals surface area (Å²) in [5.74, 6) is -1.35. The molecule has 0 aliphatic rings. The van der Waals surface area contributed by atoms with E-state index in [0.29, 0.717) is 5.76 Å². The van der Waals surface area contributed by atoms with E-state index in [1.54, 1.807) is 6.92 Å². The molecule has 98 valence electrons. The third kappa shape index (κ3) is 3.98. The highest BCUT2D eigenvalue weighted by atomic mass is 16.5. The van der Waals surface area contributed by atoms with E-state index in [2.05, 4.69) is 15.2 Å². The highest BCUT2D eigenvalue weighted by Crippen LogP contribution is 2.06. The maximum atomic E-state index is 11.3. The molecule has 8 heteroatoms. The standard InChI is InChI=1S/C10H13N3O5/c1-5-3-7(13-18-5)12-8(15)4-17-10(16)9(11)6(2)14/h3,9H,4,11H2,1-2H3,(H,12,13,15). The van der Waals surface area contributed by atoms with Crippen LogP contribution < -0.4 is 11.1 Å². The van der Waals surface area contributed by atoms with Crippen LogP contribution in [0.5, 0.6) is 0 Å². The molecule has 1 atom stereocenters. The van der Waals surface area contributed by atoms with Crippen molar-refractivity contribution in [2.75, 3.05) is 11.9 Å². The molecule has 3 N–H and O–H groups in total. The number of ether oxygens (including phenoxy) is 1. The summed E-state index contributed by atoms with van der Waals surface area (Å²) in [5, 5.41) is 5.86. The molecule has 0 aromatic carbocycles. The van der Waals surface area contributed by atoms with Crippen molar-refractivity contribution >= 4 is 23.5 Å². The summed E-state index contributed by atoms with van der Waals surface area (Å²) in [4.78, 5) is 33.3. The number of Topliss-reactive ketones (excluding diaryl/α,β-unsaturated/α-hetero) is 1. The van der Waals surface area contributed by atoms with Gasteiger partial charge in [-0.3, -0.25) is 9.59 Å². The lowest BCUT2D eigenvalue weighted by atomic mass is 10.2. The number of carbonyl (C=O) groups excluding carboxylic acids is 3. The number of ketones is 1. The van der Waals surface area contributed by atoms with Gasteiger partial charge in [-0.05, 0) is 13.8 Å². The van der Waals surface area contributed by atoms with Crippen molar-refractivity contribution in [3.63, 3.8) is 0 Å². The number of amides is 1. The van der Waals surface area contributed by atoms with E-state index < -0.39 is 30.3 Å². The molecule has 0 fully saturated rings. The Morgan fingerprint density at radius 2 is 2.22 bits per heavy atom. The number of nitrogens with two attached hydrogens (primary N) is 1. The van der Waals surface area contributed by atoms with E-state index in [1.807, 2.05) is 0 Å². The van der Waals surface area contributed by atoms with Gasteiger partial charge in [0.2, 0.25) is 0 Å². The quantitative estimate of drug-likeness (QED) is 0.530. The van der Waals surface area contributed by atoms with Gasteiger partial charge in [-0.15, -0.1) is 0 Å². The molecule has 0 saturated carbocycles. The monoisotopic (exact) mass is 255 g/mol. The number of aromatic nitrogens is 1. The predicted molar refractivity (Wildman–Crippen MR) is 59.5 cm³/mol. The molecule has 0 aliphatic carbocycles. The van der Waals surface area contributed by atoms with E-state index in [4.69, 9.17) is 10.3 Å². The topological polar surface area (TPSA) is 125 Å². The van der Waals surface area contributed by atoms with Crippen LogP contribution in [0.15, 0.2) is 10.6 Å². The fraction of sp³-hybridized carbons (Fsp3) is 0.400. The molecule has 1 aromatic rings. The highest BCUT2D eigenvalue weighted by molar-refractivity contribution is 6.02. The second kappa shape index (κ2) is 5.92. The summed E-state index contributed by atoms with van der Waals surface area (Å²) in [5.41, 5.74) is 5.22. The van der Waals surface area contributed by atoms with Crippen LogP contribution in [0.1, 0.15) is 12.7 Å². The summed E-state index contributed by atoms with van der Waals surface area (Å²) in [6.07, 6.45) is 0. The van der Waals surface area contributed by atoms with Crippen LogP contribution in [0, 0.1) is 6.92 Å². The van der Waals surface area contributed by atoms with Crippen LogP contribution in [-0.2, 0) is 19.1 Å². The first-order chi connectivity index (χ1) is 8.40. The fourth-order valence-electron chi connectivity index (χ4n) is 0.997. The second-order valence-electron chi connectivity index (χ2n) is 3.57. The third-order valence-corrected chi connectivity index (χ3v) is 1.93. The normalized spacial score (nSPS) is 11.7.